The smallest absolute Gasteiger partial charge is 0.135 e. The fourth-order valence-electron chi connectivity index (χ4n) is 2.84. The van der Waals surface area contributed by atoms with Gasteiger partial charge in [0.15, 0.2) is 0 Å². The SMILES string of the molecule is CC.Cc1ccc2c(ccn2C2CC(N(C)C)C2)c1F. The number of aryl methyl sites for hydroxylation is 1. The molecule has 1 aliphatic rings. The van der Waals surface area contributed by atoms with E-state index < -0.39 is 0 Å². The van der Waals surface area contributed by atoms with Crippen molar-refractivity contribution in [2.75, 3.05) is 14.1 Å². The van der Waals surface area contributed by atoms with Crippen LogP contribution in [-0.2, 0) is 0 Å². The Bertz CT molecular complexity index is 580. The van der Waals surface area contributed by atoms with Gasteiger partial charge in [0.2, 0.25) is 0 Å². The number of aromatic nitrogens is 1. The highest BCUT2D eigenvalue weighted by Gasteiger charge is 2.32. The van der Waals surface area contributed by atoms with Crippen LogP contribution in [-0.4, -0.2) is 29.6 Å². The number of nitrogens with zero attached hydrogens (tertiary/aromatic N) is 2. The van der Waals surface area contributed by atoms with E-state index in [1.54, 1.807) is 0 Å². The van der Waals surface area contributed by atoms with Gasteiger partial charge >= 0.3 is 0 Å². The molecule has 0 N–H and O–H groups in total. The van der Waals surface area contributed by atoms with Gasteiger partial charge < -0.3 is 9.47 Å². The average Bonchev–Trinajstić information content (AvgIpc) is 2.79. The van der Waals surface area contributed by atoms with Gasteiger partial charge in [-0.1, -0.05) is 19.9 Å². The Labute approximate surface area is 121 Å². The Morgan fingerprint density at radius 2 is 1.80 bits per heavy atom. The lowest BCUT2D eigenvalue weighted by atomic mass is 9.85. The van der Waals surface area contributed by atoms with E-state index in [-0.39, 0.29) is 5.82 Å². The van der Waals surface area contributed by atoms with Crippen molar-refractivity contribution in [1.82, 2.24) is 9.47 Å². The maximum absolute atomic E-state index is 14.0. The van der Waals surface area contributed by atoms with E-state index >= 15 is 0 Å². The number of hydrogen-bond acceptors (Lipinski definition) is 1. The van der Waals surface area contributed by atoms with Gasteiger partial charge in [0.05, 0.1) is 5.52 Å². The first kappa shape index (κ1) is 15.0. The molecular weight excluding hydrogens is 251 g/mol. The summed E-state index contributed by atoms with van der Waals surface area (Å²) in [7, 11) is 4.25. The average molecular weight is 276 g/mol. The Morgan fingerprint density at radius 1 is 1.15 bits per heavy atom. The molecule has 3 rings (SSSR count). The third-order valence-electron chi connectivity index (χ3n) is 4.24. The lowest BCUT2D eigenvalue weighted by Gasteiger charge is -2.40. The van der Waals surface area contributed by atoms with E-state index in [4.69, 9.17) is 0 Å². The summed E-state index contributed by atoms with van der Waals surface area (Å²) >= 11 is 0. The molecule has 0 radical (unpaired) electrons. The molecule has 0 aliphatic heterocycles. The highest BCUT2D eigenvalue weighted by atomic mass is 19.1. The summed E-state index contributed by atoms with van der Waals surface area (Å²) in [5.41, 5.74) is 1.75. The molecule has 1 saturated carbocycles. The maximum Gasteiger partial charge on any atom is 0.135 e. The molecule has 0 atom stereocenters. The lowest BCUT2D eigenvalue weighted by Crippen LogP contribution is -2.41. The van der Waals surface area contributed by atoms with Crippen molar-refractivity contribution < 1.29 is 4.39 Å². The van der Waals surface area contributed by atoms with Gasteiger partial charge in [-0.25, -0.2) is 4.39 Å². The van der Waals surface area contributed by atoms with Crippen molar-refractivity contribution in [3.63, 3.8) is 0 Å². The predicted octanol–water partition coefficient (Wildman–Crippen LogP) is 4.38. The van der Waals surface area contributed by atoms with Gasteiger partial charge in [-0.05, 0) is 51.6 Å². The van der Waals surface area contributed by atoms with Crippen LogP contribution < -0.4 is 0 Å². The molecule has 1 fully saturated rings. The molecule has 2 nitrogen and oxygen atoms in total. The summed E-state index contributed by atoms with van der Waals surface area (Å²) in [6.45, 7) is 5.82. The van der Waals surface area contributed by atoms with Crippen LogP contribution in [0, 0.1) is 12.7 Å². The highest BCUT2D eigenvalue weighted by Crippen LogP contribution is 2.37. The third kappa shape index (κ3) is 2.47. The van der Waals surface area contributed by atoms with E-state index in [1.807, 2.05) is 45.2 Å². The van der Waals surface area contributed by atoms with Crippen molar-refractivity contribution in [1.29, 1.82) is 0 Å². The summed E-state index contributed by atoms with van der Waals surface area (Å²) < 4.78 is 16.2. The second-order valence-electron chi connectivity index (χ2n) is 5.59. The van der Waals surface area contributed by atoms with Gasteiger partial charge in [0.1, 0.15) is 5.82 Å². The standard InChI is InChI=1S/C15H19FN2.C2H6/c1-10-4-5-14-13(15(10)16)6-7-18(14)12-8-11(9-12)17(2)3;1-2/h4-7,11-12H,8-9H2,1-3H3;1-2H3. The molecular formula is C17H25FN2. The molecule has 0 spiro atoms. The van der Waals surface area contributed by atoms with Crippen molar-refractivity contribution in [3.05, 3.63) is 35.8 Å². The molecule has 0 bridgehead atoms. The van der Waals surface area contributed by atoms with Crippen molar-refractivity contribution in [2.24, 2.45) is 0 Å². The van der Waals surface area contributed by atoms with Gasteiger partial charge in [0.25, 0.3) is 0 Å². The normalized spacial score (nSPS) is 21.6. The van der Waals surface area contributed by atoms with Crippen molar-refractivity contribution >= 4 is 10.9 Å². The lowest BCUT2D eigenvalue weighted by molar-refractivity contribution is 0.132. The molecule has 20 heavy (non-hydrogen) atoms. The zero-order valence-electron chi connectivity index (χ0n) is 13.2. The molecule has 0 amide bonds. The van der Waals surface area contributed by atoms with E-state index in [0.717, 1.165) is 29.3 Å². The first-order valence-electron chi connectivity index (χ1n) is 7.50. The first-order valence-corrected chi connectivity index (χ1v) is 7.50. The predicted molar refractivity (Wildman–Crippen MR) is 83.7 cm³/mol. The monoisotopic (exact) mass is 276 g/mol. The molecule has 1 aromatic carbocycles. The van der Waals surface area contributed by atoms with Crippen molar-refractivity contribution in [3.8, 4) is 0 Å². The van der Waals surface area contributed by atoms with E-state index in [1.165, 1.54) is 0 Å². The van der Waals surface area contributed by atoms with E-state index in [9.17, 15) is 4.39 Å². The zero-order chi connectivity index (χ0) is 14.9. The van der Waals surface area contributed by atoms with Crippen LogP contribution in [0.5, 0.6) is 0 Å². The van der Waals surface area contributed by atoms with Crippen LogP contribution in [0.2, 0.25) is 0 Å². The van der Waals surface area contributed by atoms with Gasteiger partial charge in [-0.15, -0.1) is 0 Å². The number of hydrogen-bond donors (Lipinski definition) is 0. The van der Waals surface area contributed by atoms with Crippen LogP contribution in [0.3, 0.4) is 0 Å². The second kappa shape index (κ2) is 5.96. The fraction of sp³-hybridized carbons (Fsp3) is 0.529. The number of halogens is 1. The second-order valence-corrected chi connectivity index (χ2v) is 5.59. The summed E-state index contributed by atoms with van der Waals surface area (Å²) in [5, 5.41) is 0.753. The Kier molecular flexibility index (Phi) is 4.48. The first-order chi connectivity index (χ1) is 9.58. The molecule has 0 unspecified atom stereocenters. The van der Waals surface area contributed by atoms with E-state index in [0.29, 0.717) is 12.1 Å². The van der Waals surface area contributed by atoms with Gasteiger partial charge in [-0.2, -0.15) is 0 Å². The summed E-state index contributed by atoms with van der Waals surface area (Å²) in [5.74, 6) is -0.0743. The molecule has 110 valence electrons. The molecule has 2 aromatic rings. The van der Waals surface area contributed by atoms with Crippen LogP contribution in [0.15, 0.2) is 24.4 Å². The van der Waals surface area contributed by atoms with Crippen LogP contribution in [0.25, 0.3) is 10.9 Å². The number of rotatable bonds is 2. The van der Waals surface area contributed by atoms with Crippen LogP contribution in [0.4, 0.5) is 4.39 Å². The molecule has 0 saturated heterocycles. The Balaban J connectivity index is 0.000000704. The van der Waals surface area contributed by atoms with Crippen LogP contribution in [0.1, 0.15) is 38.3 Å². The Hall–Kier alpha value is -1.35. The Morgan fingerprint density at radius 3 is 2.40 bits per heavy atom. The molecule has 3 heteroatoms. The van der Waals surface area contributed by atoms with E-state index in [2.05, 4.69) is 23.6 Å². The summed E-state index contributed by atoms with van der Waals surface area (Å²) in [4.78, 5) is 2.27. The topological polar surface area (TPSA) is 8.17 Å². The third-order valence-corrected chi connectivity index (χ3v) is 4.24. The maximum atomic E-state index is 14.0. The minimum absolute atomic E-state index is 0.0743. The molecule has 1 aromatic heterocycles. The highest BCUT2D eigenvalue weighted by molar-refractivity contribution is 5.81. The number of benzene rings is 1. The zero-order valence-corrected chi connectivity index (χ0v) is 13.2. The van der Waals surface area contributed by atoms with Crippen LogP contribution >= 0.6 is 0 Å². The van der Waals surface area contributed by atoms with Gasteiger partial charge in [0, 0.05) is 23.7 Å². The largest absolute Gasteiger partial charge is 0.344 e. The summed E-state index contributed by atoms with van der Waals surface area (Å²) in [6.07, 6.45) is 4.35. The molecule has 1 aliphatic carbocycles. The fourth-order valence-corrected chi connectivity index (χ4v) is 2.84. The van der Waals surface area contributed by atoms with Gasteiger partial charge in [-0.3, -0.25) is 0 Å². The molecule has 1 heterocycles. The minimum atomic E-state index is -0.0743. The number of fused-ring (bicyclic) bond motifs is 1. The summed E-state index contributed by atoms with van der Waals surface area (Å²) in [6, 6.07) is 7.01. The minimum Gasteiger partial charge on any atom is -0.344 e. The quantitative estimate of drug-likeness (QED) is 0.790. The van der Waals surface area contributed by atoms with Crippen molar-refractivity contribution in [2.45, 2.75) is 45.7 Å².